The molecule has 0 unspecified atom stereocenters. The fourth-order valence-corrected chi connectivity index (χ4v) is 3.22. The van der Waals surface area contributed by atoms with Gasteiger partial charge in [0.25, 0.3) is 0 Å². The number of nitrogens with two attached hydrogens (primary N) is 1. The molecular weight excluding hydrogens is 350 g/mol. The highest BCUT2D eigenvalue weighted by Gasteiger charge is 2.10. The average Bonchev–Trinajstić information content (AvgIpc) is 2.80. The molecule has 0 aliphatic heterocycles. The molecule has 21 heavy (non-hydrogen) atoms. The van der Waals surface area contributed by atoms with Crippen molar-refractivity contribution in [3.05, 3.63) is 44.6 Å². The normalized spacial score (nSPS) is 10.9. The lowest BCUT2D eigenvalue weighted by Crippen LogP contribution is -2.29. The summed E-state index contributed by atoms with van der Waals surface area (Å²) >= 11 is 5.09. The number of amides is 1. The van der Waals surface area contributed by atoms with Gasteiger partial charge in [0.15, 0.2) is 0 Å². The van der Waals surface area contributed by atoms with Crippen molar-refractivity contribution in [1.29, 1.82) is 0 Å². The van der Waals surface area contributed by atoms with Crippen LogP contribution < -0.4 is 11.1 Å². The number of nitrogen functional groups attached to an aromatic ring is 1. The molecule has 3 N–H and O–H groups in total. The minimum atomic E-state index is -0.0412. The molecular formula is C15H18BrN3OS. The van der Waals surface area contributed by atoms with Crippen molar-refractivity contribution in [2.45, 2.75) is 13.5 Å². The molecule has 6 heteroatoms. The van der Waals surface area contributed by atoms with Crippen molar-refractivity contribution >= 4 is 44.5 Å². The molecule has 2 rings (SSSR count). The summed E-state index contributed by atoms with van der Waals surface area (Å²) in [5.41, 5.74) is 9.39. The van der Waals surface area contributed by atoms with Gasteiger partial charge in [-0.1, -0.05) is 6.07 Å². The zero-order valence-electron chi connectivity index (χ0n) is 12.0. The Morgan fingerprint density at radius 3 is 2.90 bits per heavy atom. The van der Waals surface area contributed by atoms with E-state index in [2.05, 4.69) is 32.7 Å². The Kier molecular flexibility index (Phi) is 5.39. The van der Waals surface area contributed by atoms with E-state index in [1.807, 2.05) is 37.1 Å². The van der Waals surface area contributed by atoms with Gasteiger partial charge in [0, 0.05) is 17.9 Å². The fourth-order valence-electron chi connectivity index (χ4n) is 2.02. The summed E-state index contributed by atoms with van der Waals surface area (Å²) in [6, 6.07) is 7.59. The Labute approximate surface area is 137 Å². The molecule has 0 saturated heterocycles. The van der Waals surface area contributed by atoms with Crippen LogP contribution in [0.4, 0.5) is 11.4 Å². The number of nitrogens with one attached hydrogen (secondary N) is 1. The van der Waals surface area contributed by atoms with Crippen LogP contribution in [0.5, 0.6) is 0 Å². The standard InChI is InChI=1S/C15H18BrN3OS/c1-10-12(17)4-3-5-13(10)18-15(20)8-19(2)7-11-6-14(16)21-9-11/h3-6,9H,7-8,17H2,1-2H3,(H,18,20). The minimum Gasteiger partial charge on any atom is -0.398 e. The minimum absolute atomic E-state index is 0.0412. The molecule has 0 spiro atoms. The molecule has 4 nitrogen and oxygen atoms in total. The van der Waals surface area contributed by atoms with Gasteiger partial charge in [-0.2, -0.15) is 0 Å². The van der Waals surface area contributed by atoms with Crippen LogP contribution in [0.2, 0.25) is 0 Å². The van der Waals surface area contributed by atoms with Gasteiger partial charge in [0.05, 0.1) is 10.3 Å². The van der Waals surface area contributed by atoms with Crippen LogP contribution in [-0.4, -0.2) is 24.4 Å². The lowest BCUT2D eigenvalue weighted by Gasteiger charge is -2.16. The summed E-state index contributed by atoms with van der Waals surface area (Å²) in [5, 5.41) is 4.99. The van der Waals surface area contributed by atoms with Gasteiger partial charge in [-0.3, -0.25) is 9.69 Å². The van der Waals surface area contributed by atoms with Crippen LogP contribution in [0.3, 0.4) is 0 Å². The predicted octanol–water partition coefficient (Wildman–Crippen LogP) is 3.47. The number of benzene rings is 1. The lowest BCUT2D eigenvalue weighted by atomic mass is 10.1. The van der Waals surface area contributed by atoms with E-state index >= 15 is 0 Å². The molecule has 1 amide bonds. The summed E-state index contributed by atoms with van der Waals surface area (Å²) in [4.78, 5) is 14.1. The highest BCUT2D eigenvalue weighted by molar-refractivity contribution is 9.11. The van der Waals surface area contributed by atoms with E-state index in [9.17, 15) is 4.79 Å². The quantitative estimate of drug-likeness (QED) is 0.795. The molecule has 0 aliphatic carbocycles. The van der Waals surface area contributed by atoms with Gasteiger partial charge in [0.2, 0.25) is 5.91 Å². The number of anilines is 2. The topological polar surface area (TPSA) is 58.4 Å². The van der Waals surface area contributed by atoms with E-state index in [0.717, 1.165) is 21.6 Å². The maximum Gasteiger partial charge on any atom is 0.238 e. The average molecular weight is 368 g/mol. The van der Waals surface area contributed by atoms with Crippen LogP contribution in [0.15, 0.2) is 33.4 Å². The van der Waals surface area contributed by atoms with Crippen molar-refractivity contribution in [2.75, 3.05) is 24.6 Å². The maximum absolute atomic E-state index is 12.1. The van der Waals surface area contributed by atoms with Gasteiger partial charge in [-0.15, -0.1) is 11.3 Å². The highest BCUT2D eigenvalue weighted by Crippen LogP contribution is 2.22. The SMILES string of the molecule is Cc1c(N)cccc1NC(=O)CN(C)Cc1csc(Br)c1. The molecule has 0 fully saturated rings. The predicted molar refractivity (Wildman–Crippen MR) is 92.6 cm³/mol. The van der Waals surface area contributed by atoms with Gasteiger partial charge in [-0.25, -0.2) is 0 Å². The van der Waals surface area contributed by atoms with Crippen molar-refractivity contribution in [2.24, 2.45) is 0 Å². The third kappa shape index (κ3) is 4.56. The number of likely N-dealkylation sites (N-methyl/N-ethyl adjacent to an activating group) is 1. The number of nitrogens with zero attached hydrogens (tertiary/aromatic N) is 1. The van der Waals surface area contributed by atoms with Crippen LogP contribution in [0.25, 0.3) is 0 Å². The van der Waals surface area contributed by atoms with Crippen molar-refractivity contribution < 1.29 is 4.79 Å². The zero-order chi connectivity index (χ0) is 15.4. The number of hydrogen-bond donors (Lipinski definition) is 2. The molecule has 0 radical (unpaired) electrons. The third-order valence-corrected chi connectivity index (χ3v) is 4.69. The summed E-state index contributed by atoms with van der Waals surface area (Å²) in [6.45, 7) is 2.98. The van der Waals surface area contributed by atoms with Gasteiger partial charge in [0.1, 0.15) is 0 Å². The molecule has 1 aromatic heterocycles. The molecule has 0 atom stereocenters. The Hall–Kier alpha value is -1.37. The van der Waals surface area contributed by atoms with Crippen molar-refractivity contribution in [3.8, 4) is 0 Å². The number of rotatable bonds is 5. The smallest absolute Gasteiger partial charge is 0.238 e. The van der Waals surface area contributed by atoms with Crippen LogP contribution in [0, 0.1) is 6.92 Å². The fraction of sp³-hybridized carbons (Fsp3) is 0.267. The Balaban J connectivity index is 1.90. The van der Waals surface area contributed by atoms with Crippen molar-refractivity contribution in [3.63, 3.8) is 0 Å². The van der Waals surface area contributed by atoms with Gasteiger partial charge >= 0.3 is 0 Å². The van der Waals surface area contributed by atoms with E-state index < -0.39 is 0 Å². The lowest BCUT2D eigenvalue weighted by molar-refractivity contribution is -0.117. The first-order chi connectivity index (χ1) is 9.95. The molecule has 1 heterocycles. The molecule has 2 aromatic rings. The van der Waals surface area contributed by atoms with Crippen molar-refractivity contribution in [1.82, 2.24) is 4.90 Å². The monoisotopic (exact) mass is 367 g/mol. The van der Waals surface area contributed by atoms with Crippen LogP contribution >= 0.6 is 27.3 Å². The number of hydrogen-bond acceptors (Lipinski definition) is 4. The number of carbonyl (C=O) groups excluding carboxylic acids is 1. The van der Waals surface area contributed by atoms with Gasteiger partial charge < -0.3 is 11.1 Å². The molecule has 112 valence electrons. The first-order valence-corrected chi connectivity index (χ1v) is 8.19. The number of halogens is 1. The molecule has 0 aliphatic rings. The largest absolute Gasteiger partial charge is 0.398 e. The second kappa shape index (κ2) is 7.06. The third-order valence-electron chi connectivity index (χ3n) is 3.14. The maximum atomic E-state index is 12.1. The zero-order valence-corrected chi connectivity index (χ0v) is 14.4. The van der Waals surface area contributed by atoms with E-state index in [0.29, 0.717) is 12.2 Å². The first-order valence-electron chi connectivity index (χ1n) is 6.52. The summed E-state index contributed by atoms with van der Waals surface area (Å²) < 4.78 is 1.10. The first kappa shape index (κ1) is 16.0. The van der Waals surface area contributed by atoms with E-state index in [-0.39, 0.29) is 5.91 Å². The Morgan fingerprint density at radius 1 is 1.48 bits per heavy atom. The Morgan fingerprint density at radius 2 is 2.24 bits per heavy atom. The number of thiophene rings is 1. The molecule has 1 aromatic carbocycles. The summed E-state index contributed by atoms with van der Waals surface area (Å²) in [6.07, 6.45) is 0. The van der Waals surface area contributed by atoms with Gasteiger partial charge in [-0.05, 0) is 64.6 Å². The van der Waals surface area contributed by atoms with Crippen LogP contribution in [-0.2, 0) is 11.3 Å². The summed E-state index contributed by atoms with van der Waals surface area (Å²) in [7, 11) is 1.93. The van der Waals surface area contributed by atoms with E-state index in [1.165, 1.54) is 5.56 Å². The highest BCUT2D eigenvalue weighted by atomic mass is 79.9. The van der Waals surface area contributed by atoms with E-state index in [1.54, 1.807) is 11.3 Å². The molecule has 0 bridgehead atoms. The Bertz CT molecular complexity index is 642. The second-order valence-corrected chi connectivity index (χ2v) is 7.29. The molecule has 0 saturated carbocycles. The summed E-state index contributed by atoms with van der Waals surface area (Å²) in [5.74, 6) is -0.0412. The van der Waals surface area contributed by atoms with Crippen LogP contribution in [0.1, 0.15) is 11.1 Å². The second-order valence-electron chi connectivity index (χ2n) is 5.00. The number of carbonyl (C=O) groups is 1. The van der Waals surface area contributed by atoms with E-state index in [4.69, 9.17) is 5.73 Å².